The number of hydrogen-bond acceptors (Lipinski definition) is 1. The standard InChI is InChI=1S/C16H17FO/c1-2-12-6-8-14(9-7-12)16(18)11-13-4-3-5-15(17)10-13/h3-10,16,18H,2,11H2,1H3. The van der Waals surface area contributed by atoms with Crippen LogP contribution in [0.5, 0.6) is 0 Å². The Hall–Kier alpha value is -1.67. The summed E-state index contributed by atoms with van der Waals surface area (Å²) in [5, 5.41) is 10.1. The van der Waals surface area contributed by atoms with Crippen LogP contribution < -0.4 is 0 Å². The molecule has 1 unspecified atom stereocenters. The third kappa shape index (κ3) is 3.17. The SMILES string of the molecule is CCc1ccc(C(O)Cc2cccc(F)c2)cc1. The minimum Gasteiger partial charge on any atom is -0.388 e. The molecule has 1 atom stereocenters. The van der Waals surface area contributed by atoms with Gasteiger partial charge < -0.3 is 5.11 Å². The van der Waals surface area contributed by atoms with Gasteiger partial charge in [-0.15, -0.1) is 0 Å². The molecule has 2 heteroatoms. The summed E-state index contributed by atoms with van der Waals surface area (Å²) in [5.41, 5.74) is 2.93. The molecule has 18 heavy (non-hydrogen) atoms. The number of hydrogen-bond donors (Lipinski definition) is 1. The van der Waals surface area contributed by atoms with E-state index in [2.05, 4.69) is 6.92 Å². The van der Waals surface area contributed by atoms with Gasteiger partial charge in [0.25, 0.3) is 0 Å². The van der Waals surface area contributed by atoms with E-state index in [1.165, 1.54) is 17.7 Å². The molecule has 0 aromatic heterocycles. The summed E-state index contributed by atoms with van der Waals surface area (Å²) in [5.74, 6) is -0.263. The quantitative estimate of drug-likeness (QED) is 0.870. The molecule has 1 N–H and O–H groups in total. The number of aliphatic hydroxyl groups excluding tert-OH is 1. The lowest BCUT2D eigenvalue weighted by atomic mass is 10.00. The van der Waals surface area contributed by atoms with Gasteiger partial charge in [0.05, 0.1) is 6.10 Å². The predicted octanol–water partition coefficient (Wildman–Crippen LogP) is 3.66. The molecular weight excluding hydrogens is 227 g/mol. The first-order valence-electron chi connectivity index (χ1n) is 6.20. The lowest BCUT2D eigenvalue weighted by Crippen LogP contribution is -2.02. The Labute approximate surface area is 107 Å². The van der Waals surface area contributed by atoms with Gasteiger partial charge in [-0.25, -0.2) is 4.39 Å². The highest BCUT2D eigenvalue weighted by atomic mass is 19.1. The zero-order valence-corrected chi connectivity index (χ0v) is 10.4. The van der Waals surface area contributed by atoms with Crippen molar-refractivity contribution in [2.45, 2.75) is 25.9 Å². The van der Waals surface area contributed by atoms with Crippen molar-refractivity contribution in [3.8, 4) is 0 Å². The van der Waals surface area contributed by atoms with Crippen molar-refractivity contribution >= 4 is 0 Å². The van der Waals surface area contributed by atoms with Crippen molar-refractivity contribution in [3.05, 3.63) is 71.0 Å². The second-order valence-electron chi connectivity index (χ2n) is 4.44. The summed E-state index contributed by atoms with van der Waals surface area (Å²) in [7, 11) is 0. The van der Waals surface area contributed by atoms with Crippen LogP contribution in [0.4, 0.5) is 4.39 Å². The van der Waals surface area contributed by atoms with E-state index in [1.807, 2.05) is 30.3 Å². The Morgan fingerprint density at radius 2 is 1.78 bits per heavy atom. The summed E-state index contributed by atoms with van der Waals surface area (Å²) in [6.45, 7) is 2.10. The summed E-state index contributed by atoms with van der Waals surface area (Å²) >= 11 is 0. The Morgan fingerprint density at radius 1 is 1.06 bits per heavy atom. The van der Waals surface area contributed by atoms with Crippen molar-refractivity contribution < 1.29 is 9.50 Å². The van der Waals surface area contributed by atoms with Gasteiger partial charge in [0.2, 0.25) is 0 Å². The van der Waals surface area contributed by atoms with Crippen LogP contribution >= 0.6 is 0 Å². The largest absolute Gasteiger partial charge is 0.388 e. The lowest BCUT2D eigenvalue weighted by molar-refractivity contribution is 0.178. The van der Waals surface area contributed by atoms with E-state index in [1.54, 1.807) is 6.07 Å². The minimum atomic E-state index is -0.585. The van der Waals surface area contributed by atoms with Crippen LogP contribution in [0, 0.1) is 5.82 Å². The molecule has 0 radical (unpaired) electrons. The fourth-order valence-electron chi connectivity index (χ4n) is 1.98. The highest BCUT2D eigenvalue weighted by molar-refractivity contribution is 5.26. The molecule has 2 rings (SSSR count). The summed E-state index contributed by atoms with van der Waals surface area (Å²) in [4.78, 5) is 0. The molecule has 0 bridgehead atoms. The van der Waals surface area contributed by atoms with Crippen molar-refractivity contribution in [1.82, 2.24) is 0 Å². The molecular formula is C16H17FO. The van der Waals surface area contributed by atoms with Crippen molar-refractivity contribution in [3.63, 3.8) is 0 Å². The molecule has 0 spiro atoms. The van der Waals surface area contributed by atoms with Gasteiger partial charge in [0, 0.05) is 6.42 Å². The average Bonchev–Trinajstić information content (AvgIpc) is 2.39. The molecule has 2 aromatic rings. The summed E-state index contributed by atoms with van der Waals surface area (Å²) in [6, 6.07) is 14.3. The third-order valence-corrected chi connectivity index (χ3v) is 3.09. The number of benzene rings is 2. The number of aliphatic hydroxyl groups is 1. The second kappa shape index (κ2) is 5.78. The maximum atomic E-state index is 13.0. The summed E-state index contributed by atoms with van der Waals surface area (Å²) < 4.78 is 13.0. The van der Waals surface area contributed by atoms with E-state index in [9.17, 15) is 9.50 Å². The predicted molar refractivity (Wildman–Crippen MR) is 70.9 cm³/mol. The highest BCUT2D eigenvalue weighted by Gasteiger charge is 2.08. The van der Waals surface area contributed by atoms with Crippen LogP contribution in [0.15, 0.2) is 48.5 Å². The van der Waals surface area contributed by atoms with Gasteiger partial charge in [-0.3, -0.25) is 0 Å². The van der Waals surface area contributed by atoms with Gasteiger partial charge in [-0.2, -0.15) is 0 Å². The molecule has 2 aromatic carbocycles. The fourth-order valence-corrected chi connectivity index (χ4v) is 1.98. The van der Waals surface area contributed by atoms with Crippen LogP contribution in [0.25, 0.3) is 0 Å². The van der Waals surface area contributed by atoms with Gasteiger partial charge >= 0.3 is 0 Å². The monoisotopic (exact) mass is 244 g/mol. The molecule has 0 aliphatic rings. The Bertz CT molecular complexity index is 505. The third-order valence-electron chi connectivity index (χ3n) is 3.09. The highest BCUT2D eigenvalue weighted by Crippen LogP contribution is 2.19. The molecule has 0 saturated carbocycles. The molecule has 1 nitrogen and oxygen atoms in total. The molecule has 0 heterocycles. The van der Waals surface area contributed by atoms with Crippen LogP contribution in [0.2, 0.25) is 0 Å². The number of rotatable bonds is 4. The Balaban J connectivity index is 2.09. The maximum Gasteiger partial charge on any atom is 0.123 e. The van der Waals surface area contributed by atoms with Crippen molar-refractivity contribution in [2.75, 3.05) is 0 Å². The first-order chi connectivity index (χ1) is 8.69. The smallest absolute Gasteiger partial charge is 0.123 e. The van der Waals surface area contributed by atoms with Gasteiger partial charge in [-0.05, 0) is 35.2 Å². The first kappa shape index (κ1) is 12.8. The lowest BCUT2D eigenvalue weighted by Gasteiger charge is -2.11. The normalized spacial score (nSPS) is 12.4. The van der Waals surface area contributed by atoms with Crippen molar-refractivity contribution in [2.24, 2.45) is 0 Å². The first-order valence-corrected chi connectivity index (χ1v) is 6.20. The molecule has 0 aliphatic heterocycles. The Kier molecular flexibility index (Phi) is 4.11. The van der Waals surface area contributed by atoms with Gasteiger partial charge in [-0.1, -0.05) is 43.3 Å². The van der Waals surface area contributed by atoms with Gasteiger partial charge in [0.1, 0.15) is 5.82 Å². The fraction of sp³-hybridized carbons (Fsp3) is 0.250. The number of halogens is 1. The van der Waals surface area contributed by atoms with E-state index < -0.39 is 6.10 Å². The van der Waals surface area contributed by atoms with E-state index in [0.29, 0.717) is 6.42 Å². The van der Waals surface area contributed by atoms with Crippen LogP contribution in [0.1, 0.15) is 29.7 Å². The van der Waals surface area contributed by atoms with E-state index >= 15 is 0 Å². The molecule has 0 amide bonds. The molecule has 0 saturated heterocycles. The average molecular weight is 244 g/mol. The van der Waals surface area contributed by atoms with Crippen LogP contribution in [0.3, 0.4) is 0 Å². The van der Waals surface area contributed by atoms with Crippen LogP contribution in [-0.4, -0.2) is 5.11 Å². The molecule has 0 fully saturated rings. The van der Waals surface area contributed by atoms with Crippen LogP contribution in [-0.2, 0) is 12.8 Å². The van der Waals surface area contributed by atoms with Gasteiger partial charge in [0.15, 0.2) is 0 Å². The topological polar surface area (TPSA) is 20.2 Å². The maximum absolute atomic E-state index is 13.0. The zero-order valence-electron chi connectivity index (χ0n) is 10.4. The second-order valence-corrected chi connectivity index (χ2v) is 4.44. The molecule has 0 aliphatic carbocycles. The zero-order chi connectivity index (χ0) is 13.0. The van der Waals surface area contributed by atoms with Crippen molar-refractivity contribution in [1.29, 1.82) is 0 Å². The minimum absolute atomic E-state index is 0.263. The Morgan fingerprint density at radius 3 is 2.39 bits per heavy atom. The molecule has 94 valence electrons. The van der Waals surface area contributed by atoms with E-state index in [0.717, 1.165) is 17.5 Å². The number of aryl methyl sites for hydroxylation is 1. The summed E-state index contributed by atoms with van der Waals surface area (Å²) in [6.07, 6.45) is 0.835. The van der Waals surface area contributed by atoms with E-state index in [4.69, 9.17) is 0 Å². The van der Waals surface area contributed by atoms with E-state index in [-0.39, 0.29) is 5.82 Å².